The molecule has 0 saturated heterocycles. The number of hydrogen-bond acceptors (Lipinski definition) is 5. The number of anilines is 1. The smallest absolute Gasteiger partial charge is 0.422 e. The minimum atomic E-state index is -4.53. The predicted octanol–water partition coefficient (Wildman–Crippen LogP) is 1.36. The Morgan fingerprint density at radius 1 is 1.45 bits per heavy atom. The lowest BCUT2D eigenvalue weighted by molar-refractivity contribution is -0.154. The van der Waals surface area contributed by atoms with E-state index in [-0.39, 0.29) is 18.8 Å². The SMILES string of the molecule is CN(CCC(=O)O)C(=O)Nc1ccnc(OCC(F)(F)F)n1. The molecule has 0 fully saturated rings. The summed E-state index contributed by atoms with van der Waals surface area (Å²) in [5.41, 5.74) is 0. The molecule has 2 amide bonds. The van der Waals surface area contributed by atoms with Crippen molar-refractivity contribution in [2.24, 2.45) is 0 Å². The number of carboxylic acid groups (broad SMARTS) is 1. The monoisotopic (exact) mass is 322 g/mol. The molecule has 0 aliphatic heterocycles. The van der Waals surface area contributed by atoms with Gasteiger partial charge in [0.25, 0.3) is 0 Å². The Kier molecular flexibility index (Phi) is 5.90. The summed E-state index contributed by atoms with van der Waals surface area (Å²) in [7, 11) is 1.36. The normalized spacial score (nSPS) is 10.9. The number of alkyl halides is 3. The van der Waals surface area contributed by atoms with E-state index in [1.54, 1.807) is 0 Å². The number of amides is 2. The number of nitrogens with one attached hydrogen (secondary N) is 1. The molecule has 11 heteroatoms. The largest absolute Gasteiger partial charge is 0.481 e. The standard InChI is InChI=1S/C11H13F3N4O4/c1-18(5-3-8(19)20)10(21)17-7-2-4-15-9(16-7)22-6-11(12,13)14/h2,4H,3,5-6H2,1H3,(H,19,20)(H,15,16,17,21). The zero-order chi connectivity index (χ0) is 16.8. The van der Waals surface area contributed by atoms with Gasteiger partial charge in [0.15, 0.2) is 6.61 Å². The van der Waals surface area contributed by atoms with Gasteiger partial charge in [0.1, 0.15) is 5.82 Å². The average molecular weight is 322 g/mol. The van der Waals surface area contributed by atoms with Gasteiger partial charge in [-0.2, -0.15) is 18.2 Å². The van der Waals surface area contributed by atoms with Crippen molar-refractivity contribution in [2.45, 2.75) is 12.6 Å². The molecule has 0 radical (unpaired) electrons. The molecule has 0 aliphatic rings. The van der Waals surface area contributed by atoms with Gasteiger partial charge in [-0.25, -0.2) is 9.78 Å². The average Bonchev–Trinajstić information content (AvgIpc) is 2.42. The molecule has 1 rings (SSSR count). The molecule has 0 atom stereocenters. The van der Waals surface area contributed by atoms with Crippen molar-refractivity contribution in [3.05, 3.63) is 12.3 Å². The number of carbonyl (C=O) groups is 2. The number of nitrogens with zero attached hydrogens (tertiary/aromatic N) is 3. The maximum absolute atomic E-state index is 12.0. The fourth-order valence-electron chi connectivity index (χ4n) is 1.20. The van der Waals surface area contributed by atoms with Crippen molar-refractivity contribution in [1.82, 2.24) is 14.9 Å². The summed E-state index contributed by atoms with van der Waals surface area (Å²) in [5.74, 6) is -1.14. The summed E-state index contributed by atoms with van der Waals surface area (Å²) >= 11 is 0. The molecule has 8 nitrogen and oxygen atoms in total. The van der Waals surface area contributed by atoms with E-state index in [0.717, 1.165) is 11.1 Å². The Labute approximate surface area is 122 Å². The van der Waals surface area contributed by atoms with Crippen LogP contribution in [0.2, 0.25) is 0 Å². The second kappa shape index (κ2) is 7.43. The van der Waals surface area contributed by atoms with Crippen LogP contribution in [0.5, 0.6) is 6.01 Å². The van der Waals surface area contributed by atoms with Crippen LogP contribution in [0.25, 0.3) is 0 Å². The van der Waals surface area contributed by atoms with Crippen molar-refractivity contribution in [3.63, 3.8) is 0 Å². The molecule has 0 spiro atoms. The number of aliphatic carboxylic acids is 1. The maximum Gasteiger partial charge on any atom is 0.422 e. The van der Waals surface area contributed by atoms with Crippen LogP contribution in [0.4, 0.5) is 23.8 Å². The van der Waals surface area contributed by atoms with Crippen LogP contribution in [0.1, 0.15) is 6.42 Å². The molecule has 2 N–H and O–H groups in total. The van der Waals surface area contributed by atoms with Crippen LogP contribution in [0.3, 0.4) is 0 Å². The number of aromatic nitrogens is 2. The van der Waals surface area contributed by atoms with Crippen LogP contribution in [0, 0.1) is 0 Å². The highest BCUT2D eigenvalue weighted by atomic mass is 19.4. The van der Waals surface area contributed by atoms with Gasteiger partial charge in [0.2, 0.25) is 0 Å². The molecular formula is C11H13F3N4O4. The lowest BCUT2D eigenvalue weighted by atomic mass is 10.4. The summed E-state index contributed by atoms with van der Waals surface area (Å²) in [6.07, 6.45) is -3.65. The van der Waals surface area contributed by atoms with Crippen molar-refractivity contribution >= 4 is 17.8 Å². The molecule has 1 aromatic rings. The van der Waals surface area contributed by atoms with Gasteiger partial charge in [-0.3, -0.25) is 10.1 Å². The Bertz CT molecular complexity index is 538. The van der Waals surface area contributed by atoms with Gasteiger partial charge in [-0.1, -0.05) is 0 Å². The van der Waals surface area contributed by atoms with E-state index in [1.807, 2.05) is 0 Å². The summed E-state index contributed by atoms with van der Waals surface area (Å²) in [5, 5.41) is 10.8. The highest BCUT2D eigenvalue weighted by Crippen LogP contribution is 2.16. The fourth-order valence-corrected chi connectivity index (χ4v) is 1.20. The van der Waals surface area contributed by atoms with Crippen molar-refractivity contribution in [1.29, 1.82) is 0 Å². The summed E-state index contributed by atoms with van der Waals surface area (Å²) in [6, 6.07) is 0.0497. The number of carboxylic acids is 1. The number of ether oxygens (including phenoxy) is 1. The molecule has 0 bridgehead atoms. The lowest BCUT2D eigenvalue weighted by Gasteiger charge is -2.16. The van der Waals surface area contributed by atoms with E-state index in [9.17, 15) is 22.8 Å². The van der Waals surface area contributed by atoms with Crippen molar-refractivity contribution in [3.8, 4) is 6.01 Å². The Hall–Kier alpha value is -2.59. The fraction of sp³-hybridized carbons (Fsp3) is 0.455. The van der Waals surface area contributed by atoms with E-state index < -0.39 is 30.8 Å². The number of rotatable bonds is 6. The van der Waals surface area contributed by atoms with Gasteiger partial charge < -0.3 is 14.7 Å². The van der Waals surface area contributed by atoms with E-state index in [0.29, 0.717) is 0 Å². The molecule has 0 aliphatic carbocycles. The Morgan fingerprint density at radius 3 is 2.73 bits per heavy atom. The number of halogens is 3. The van der Waals surface area contributed by atoms with Gasteiger partial charge >= 0.3 is 24.2 Å². The predicted molar refractivity (Wildman–Crippen MR) is 67.5 cm³/mol. The first kappa shape index (κ1) is 17.5. The Balaban J connectivity index is 2.58. The quantitative estimate of drug-likeness (QED) is 0.819. The second-order valence-electron chi connectivity index (χ2n) is 4.12. The zero-order valence-electron chi connectivity index (χ0n) is 11.4. The second-order valence-corrected chi connectivity index (χ2v) is 4.12. The van der Waals surface area contributed by atoms with Crippen LogP contribution < -0.4 is 10.1 Å². The maximum atomic E-state index is 12.0. The lowest BCUT2D eigenvalue weighted by Crippen LogP contribution is -2.33. The summed E-state index contributed by atoms with van der Waals surface area (Å²) < 4.78 is 40.4. The number of carbonyl (C=O) groups excluding carboxylic acids is 1. The molecule has 0 saturated carbocycles. The highest BCUT2D eigenvalue weighted by molar-refractivity contribution is 5.88. The van der Waals surface area contributed by atoms with Crippen molar-refractivity contribution in [2.75, 3.05) is 25.5 Å². The van der Waals surface area contributed by atoms with E-state index in [2.05, 4.69) is 20.0 Å². The van der Waals surface area contributed by atoms with Crippen LogP contribution in [-0.2, 0) is 4.79 Å². The summed E-state index contributed by atoms with van der Waals surface area (Å²) in [6.45, 7) is -1.59. The van der Waals surface area contributed by atoms with Gasteiger partial charge in [0.05, 0.1) is 6.42 Å². The van der Waals surface area contributed by atoms with Crippen LogP contribution >= 0.6 is 0 Å². The highest BCUT2D eigenvalue weighted by Gasteiger charge is 2.29. The van der Waals surface area contributed by atoms with E-state index in [1.165, 1.54) is 13.1 Å². The number of hydrogen-bond donors (Lipinski definition) is 2. The first-order chi connectivity index (χ1) is 10.2. The molecule has 1 heterocycles. The molecule has 0 aromatic carbocycles. The third kappa shape index (κ3) is 6.72. The Morgan fingerprint density at radius 2 is 2.14 bits per heavy atom. The molecule has 22 heavy (non-hydrogen) atoms. The van der Waals surface area contributed by atoms with Gasteiger partial charge in [-0.05, 0) is 6.07 Å². The topological polar surface area (TPSA) is 105 Å². The summed E-state index contributed by atoms with van der Waals surface area (Å²) in [4.78, 5) is 30.2. The molecule has 122 valence electrons. The van der Waals surface area contributed by atoms with Crippen molar-refractivity contribution < 1.29 is 32.6 Å². The van der Waals surface area contributed by atoms with Gasteiger partial charge in [-0.15, -0.1) is 0 Å². The van der Waals surface area contributed by atoms with Crippen LogP contribution in [0.15, 0.2) is 12.3 Å². The molecule has 1 aromatic heterocycles. The minimum absolute atomic E-state index is 0.0380. The first-order valence-electron chi connectivity index (χ1n) is 5.94. The van der Waals surface area contributed by atoms with Gasteiger partial charge in [0, 0.05) is 19.8 Å². The number of urea groups is 1. The van der Waals surface area contributed by atoms with E-state index in [4.69, 9.17) is 5.11 Å². The van der Waals surface area contributed by atoms with Crippen LogP contribution in [-0.4, -0.2) is 58.4 Å². The molecular weight excluding hydrogens is 309 g/mol. The first-order valence-corrected chi connectivity index (χ1v) is 5.94. The minimum Gasteiger partial charge on any atom is -0.481 e. The van der Waals surface area contributed by atoms with E-state index >= 15 is 0 Å². The third-order valence-electron chi connectivity index (χ3n) is 2.24. The zero-order valence-corrected chi connectivity index (χ0v) is 11.4. The molecule has 0 unspecified atom stereocenters. The third-order valence-corrected chi connectivity index (χ3v) is 2.24.